The molecule has 77 valence electrons. The second-order valence-electron chi connectivity index (χ2n) is 2.64. The third-order valence-corrected chi connectivity index (χ3v) is 1.48. The van der Waals surface area contributed by atoms with Crippen molar-refractivity contribution in [2.45, 2.75) is 12.8 Å². The molecule has 0 fully saturated rings. The first kappa shape index (κ1) is 10.9. The fourth-order valence-corrected chi connectivity index (χ4v) is 0.902. The summed E-state index contributed by atoms with van der Waals surface area (Å²) in [6.07, 6.45) is 0. The zero-order chi connectivity index (χ0) is 11.1. The van der Waals surface area contributed by atoms with Crippen LogP contribution in [0.1, 0.15) is 12.5 Å². The van der Waals surface area contributed by atoms with Gasteiger partial charge < -0.3 is 0 Å². The fourth-order valence-electron chi connectivity index (χ4n) is 0.902. The minimum Gasteiger partial charge on any atom is -0.206 e. The third-order valence-electron chi connectivity index (χ3n) is 1.48. The molecule has 0 aromatic heterocycles. The summed E-state index contributed by atoms with van der Waals surface area (Å²) in [5.41, 5.74) is -1.82. The molecule has 1 aromatic carbocycles. The van der Waals surface area contributed by atoms with Crippen LogP contribution in [-0.2, 0) is 5.92 Å². The van der Waals surface area contributed by atoms with Gasteiger partial charge >= 0.3 is 0 Å². The van der Waals surface area contributed by atoms with Gasteiger partial charge in [-0.1, -0.05) is 0 Å². The second kappa shape index (κ2) is 3.18. The van der Waals surface area contributed by atoms with Crippen molar-refractivity contribution in [1.82, 2.24) is 0 Å². The zero-order valence-electron chi connectivity index (χ0n) is 6.77. The highest BCUT2D eigenvalue weighted by molar-refractivity contribution is 5.25. The van der Waals surface area contributed by atoms with Crippen LogP contribution in [0.2, 0.25) is 0 Å². The van der Waals surface area contributed by atoms with E-state index >= 15 is 0 Å². The van der Waals surface area contributed by atoms with E-state index in [0.29, 0.717) is 0 Å². The SMILES string of the molecule is CC(F)(F)c1c(F)[c]c(F)c(F)c1F. The Bertz CT molecular complexity index is 365. The van der Waals surface area contributed by atoms with Crippen LogP contribution in [0.15, 0.2) is 0 Å². The summed E-state index contributed by atoms with van der Waals surface area (Å²) >= 11 is 0. The van der Waals surface area contributed by atoms with Gasteiger partial charge in [0.1, 0.15) is 5.82 Å². The Morgan fingerprint density at radius 1 is 0.929 bits per heavy atom. The van der Waals surface area contributed by atoms with Crippen LogP contribution in [0.3, 0.4) is 0 Å². The van der Waals surface area contributed by atoms with E-state index in [-0.39, 0.29) is 6.92 Å². The zero-order valence-corrected chi connectivity index (χ0v) is 6.77. The number of hydrogen-bond acceptors (Lipinski definition) is 0. The van der Waals surface area contributed by atoms with Gasteiger partial charge in [0.25, 0.3) is 5.92 Å². The number of alkyl halides is 2. The predicted octanol–water partition coefficient (Wildman–Crippen LogP) is 3.15. The van der Waals surface area contributed by atoms with Crippen molar-refractivity contribution >= 4 is 0 Å². The van der Waals surface area contributed by atoms with E-state index in [9.17, 15) is 26.3 Å². The summed E-state index contributed by atoms with van der Waals surface area (Å²) < 4.78 is 74.9. The number of benzene rings is 1. The van der Waals surface area contributed by atoms with E-state index in [4.69, 9.17) is 0 Å². The third kappa shape index (κ3) is 1.69. The first-order chi connectivity index (χ1) is 6.25. The van der Waals surface area contributed by atoms with Crippen LogP contribution in [0.25, 0.3) is 0 Å². The van der Waals surface area contributed by atoms with Crippen molar-refractivity contribution < 1.29 is 26.3 Å². The highest BCUT2D eigenvalue weighted by Gasteiger charge is 2.35. The molecule has 6 heteroatoms. The number of hydrogen-bond donors (Lipinski definition) is 0. The van der Waals surface area contributed by atoms with E-state index in [1.165, 1.54) is 0 Å². The average Bonchev–Trinajstić information content (AvgIpc) is 1.97. The summed E-state index contributed by atoms with van der Waals surface area (Å²) in [5.74, 6) is -12.2. The minimum atomic E-state index is -3.93. The van der Waals surface area contributed by atoms with E-state index in [1.54, 1.807) is 0 Å². The summed E-state index contributed by atoms with van der Waals surface area (Å²) in [5, 5.41) is 0. The van der Waals surface area contributed by atoms with E-state index in [0.717, 1.165) is 6.07 Å². The standard InChI is InChI=1S/C8H3F6/c1-8(13,14)5-3(9)2-4(10)6(11)7(5)12/h1H3. The van der Waals surface area contributed by atoms with Gasteiger partial charge in [-0.25, -0.2) is 26.3 Å². The Morgan fingerprint density at radius 3 is 1.86 bits per heavy atom. The number of rotatable bonds is 1. The van der Waals surface area contributed by atoms with Gasteiger partial charge in [0.15, 0.2) is 17.5 Å². The van der Waals surface area contributed by atoms with Crippen LogP contribution < -0.4 is 0 Å². The second-order valence-corrected chi connectivity index (χ2v) is 2.64. The molecular formula is C8H3F6. The molecule has 14 heavy (non-hydrogen) atoms. The van der Waals surface area contributed by atoms with Gasteiger partial charge in [-0.05, 0) is 0 Å². The molecule has 0 bridgehead atoms. The van der Waals surface area contributed by atoms with Gasteiger partial charge in [0, 0.05) is 6.92 Å². The molecule has 0 amide bonds. The Kier molecular flexibility index (Phi) is 2.47. The smallest absolute Gasteiger partial charge is 0.206 e. The van der Waals surface area contributed by atoms with E-state index < -0.39 is 34.8 Å². The quantitative estimate of drug-likeness (QED) is 0.382. The van der Waals surface area contributed by atoms with Crippen molar-refractivity contribution in [3.05, 3.63) is 34.9 Å². The molecule has 0 N–H and O–H groups in total. The highest BCUT2D eigenvalue weighted by Crippen LogP contribution is 2.32. The van der Waals surface area contributed by atoms with Crippen molar-refractivity contribution in [1.29, 1.82) is 0 Å². The van der Waals surface area contributed by atoms with E-state index in [2.05, 4.69) is 0 Å². The average molecular weight is 213 g/mol. The van der Waals surface area contributed by atoms with Crippen LogP contribution >= 0.6 is 0 Å². The van der Waals surface area contributed by atoms with Gasteiger partial charge in [0.05, 0.1) is 11.6 Å². The minimum absolute atomic E-state index is 0.166. The molecule has 0 nitrogen and oxygen atoms in total. The molecule has 0 saturated heterocycles. The maximum atomic E-state index is 12.7. The van der Waals surface area contributed by atoms with Gasteiger partial charge in [-0.15, -0.1) is 0 Å². The van der Waals surface area contributed by atoms with E-state index in [1.807, 2.05) is 0 Å². The summed E-state index contributed by atoms with van der Waals surface area (Å²) in [6.45, 7) is 0.166. The Hall–Kier alpha value is -1.20. The number of halogens is 6. The molecule has 0 aliphatic carbocycles. The Labute approximate surface area is 75.2 Å². The lowest BCUT2D eigenvalue weighted by molar-refractivity contribution is 0.00876. The Balaban J connectivity index is 3.53. The molecule has 1 radical (unpaired) electrons. The normalized spacial score (nSPS) is 11.9. The van der Waals surface area contributed by atoms with Crippen LogP contribution in [0.5, 0.6) is 0 Å². The predicted molar refractivity (Wildman–Crippen MR) is 34.7 cm³/mol. The van der Waals surface area contributed by atoms with Crippen LogP contribution in [0.4, 0.5) is 26.3 Å². The van der Waals surface area contributed by atoms with Crippen molar-refractivity contribution in [3.8, 4) is 0 Å². The topological polar surface area (TPSA) is 0 Å². The first-order valence-corrected chi connectivity index (χ1v) is 3.38. The summed E-state index contributed by atoms with van der Waals surface area (Å²) in [7, 11) is 0. The summed E-state index contributed by atoms with van der Waals surface area (Å²) in [4.78, 5) is 0. The van der Waals surface area contributed by atoms with Crippen molar-refractivity contribution in [3.63, 3.8) is 0 Å². The lowest BCUT2D eigenvalue weighted by Gasteiger charge is -2.12. The monoisotopic (exact) mass is 213 g/mol. The van der Waals surface area contributed by atoms with Gasteiger partial charge in [-0.3, -0.25) is 0 Å². The first-order valence-electron chi connectivity index (χ1n) is 3.38. The van der Waals surface area contributed by atoms with Crippen molar-refractivity contribution in [2.75, 3.05) is 0 Å². The molecule has 0 unspecified atom stereocenters. The lowest BCUT2D eigenvalue weighted by Crippen LogP contribution is -2.15. The molecule has 0 spiro atoms. The maximum Gasteiger partial charge on any atom is 0.276 e. The molecule has 0 saturated carbocycles. The van der Waals surface area contributed by atoms with Crippen LogP contribution in [-0.4, -0.2) is 0 Å². The molecule has 0 aliphatic heterocycles. The summed E-state index contributed by atoms with van der Waals surface area (Å²) in [6, 6.07) is 1.03. The Morgan fingerprint density at radius 2 is 1.43 bits per heavy atom. The van der Waals surface area contributed by atoms with Crippen molar-refractivity contribution in [2.24, 2.45) is 0 Å². The molecule has 1 rings (SSSR count). The van der Waals surface area contributed by atoms with Gasteiger partial charge in [-0.2, -0.15) is 0 Å². The molecule has 0 heterocycles. The molecule has 0 atom stereocenters. The molecule has 1 aromatic rings. The molecule has 0 aliphatic rings. The van der Waals surface area contributed by atoms with Crippen LogP contribution in [0, 0.1) is 29.3 Å². The van der Waals surface area contributed by atoms with Gasteiger partial charge in [0.2, 0.25) is 0 Å². The maximum absolute atomic E-state index is 12.7. The lowest BCUT2D eigenvalue weighted by atomic mass is 10.1. The fraction of sp³-hybridized carbons (Fsp3) is 0.250. The molecular weight excluding hydrogens is 210 g/mol. The largest absolute Gasteiger partial charge is 0.276 e. The highest BCUT2D eigenvalue weighted by atomic mass is 19.3.